The van der Waals surface area contributed by atoms with E-state index in [4.69, 9.17) is 0 Å². The van der Waals surface area contributed by atoms with Gasteiger partial charge in [0, 0.05) is 11.1 Å². The minimum atomic E-state index is -3.33. The van der Waals surface area contributed by atoms with Gasteiger partial charge in [0.25, 0.3) is 5.91 Å². The van der Waals surface area contributed by atoms with Gasteiger partial charge < -0.3 is 5.32 Å². The lowest BCUT2D eigenvalue weighted by Gasteiger charge is -2.09. The smallest absolute Gasteiger partial charge is 0.256 e. The van der Waals surface area contributed by atoms with Crippen LogP contribution in [0.5, 0.6) is 0 Å². The Balaban J connectivity index is 2.09. The first-order chi connectivity index (χ1) is 10.00. The Hall–Kier alpha value is -1.86. The molecule has 2 rings (SSSR count). The van der Waals surface area contributed by atoms with E-state index in [-0.39, 0.29) is 11.7 Å². The Kier molecular flexibility index (Phi) is 4.98. The zero-order valence-electron chi connectivity index (χ0n) is 11.5. The molecule has 2 N–H and O–H groups in total. The van der Waals surface area contributed by atoms with E-state index in [1.54, 1.807) is 42.6 Å². The minimum Gasteiger partial charge on any atom is -0.322 e. The van der Waals surface area contributed by atoms with Crippen LogP contribution in [0.3, 0.4) is 0 Å². The maximum absolute atomic E-state index is 11.9. The first-order valence-corrected chi connectivity index (χ1v) is 9.04. The molecule has 0 saturated heterocycles. The summed E-state index contributed by atoms with van der Waals surface area (Å²) in [5.41, 5.74) is 1.56. The van der Waals surface area contributed by atoms with Crippen molar-refractivity contribution in [2.45, 2.75) is 13.3 Å². The van der Waals surface area contributed by atoms with E-state index >= 15 is 0 Å². The third-order valence-corrected chi connectivity index (χ3v) is 4.83. The summed E-state index contributed by atoms with van der Waals surface area (Å²) in [4.78, 5) is 11.9. The highest BCUT2D eigenvalue weighted by atomic mass is 32.2. The van der Waals surface area contributed by atoms with E-state index < -0.39 is 10.0 Å². The monoisotopic (exact) mass is 324 g/mol. The molecule has 21 heavy (non-hydrogen) atoms. The fourth-order valence-corrected chi connectivity index (χ4v) is 3.52. The second-order valence-electron chi connectivity index (χ2n) is 4.47. The molecular weight excluding hydrogens is 308 g/mol. The fourth-order valence-electron chi connectivity index (χ4n) is 1.76. The number of anilines is 2. The van der Waals surface area contributed by atoms with Crippen molar-refractivity contribution in [3.8, 4) is 0 Å². The normalized spacial score (nSPS) is 11.1. The van der Waals surface area contributed by atoms with Gasteiger partial charge in [0.2, 0.25) is 10.0 Å². The van der Waals surface area contributed by atoms with E-state index in [1.807, 2.05) is 5.38 Å². The average molecular weight is 324 g/mol. The van der Waals surface area contributed by atoms with Crippen molar-refractivity contribution >= 4 is 38.6 Å². The van der Waals surface area contributed by atoms with Crippen LogP contribution in [0.4, 0.5) is 11.4 Å². The third kappa shape index (κ3) is 4.57. The number of sulfonamides is 1. The molecule has 0 saturated carbocycles. The van der Waals surface area contributed by atoms with Gasteiger partial charge in [-0.3, -0.25) is 9.52 Å². The number of thiophene rings is 1. The van der Waals surface area contributed by atoms with Crippen LogP contribution in [0.25, 0.3) is 0 Å². The van der Waals surface area contributed by atoms with Crippen LogP contribution >= 0.6 is 11.3 Å². The van der Waals surface area contributed by atoms with Crippen LogP contribution in [0.2, 0.25) is 0 Å². The van der Waals surface area contributed by atoms with Gasteiger partial charge in [0.05, 0.1) is 17.0 Å². The highest BCUT2D eigenvalue weighted by Gasteiger charge is 2.10. The summed E-state index contributed by atoms with van der Waals surface area (Å²) in [5, 5.41) is 6.31. The van der Waals surface area contributed by atoms with Crippen molar-refractivity contribution in [2.24, 2.45) is 0 Å². The predicted octanol–water partition coefficient (Wildman–Crippen LogP) is 3.15. The molecule has 5 nitrogen and oxygen atoms in total. The van der Waals surface area contributed by atoms with Gasteiger partial charge in [-0.05, 0) is 36.1 Å². The molecule has 1 aromatic carbocycles. The third-order valence-electron chi connectivity index (χ3n) is 2.65. The van der Waals surface area contributed by atoms with Crippen molar-refractivity contribution in [1.82, 2.24) is 0 Å². The predicted molar refractivity (Wildman–Crippen MR) is 86.4 cm³/mol. The van der Waals surface area contributed by atoms with Crippen LogP contribution < -0.4 is 10.0 Å². The summed E-state index contributed by atoms with van der Waals surface area (Å²) in [6.07, 6.45) is 0.546. The highest BCUT2D eigenvalue weighted by Crippen LogP contribution is 2.18. The molecular formula is C14H16N2O3S2. The van der Waals surface area contributed by atoms with Crippen LogP contribution in [0.15, 0.2) is 41.1 Å². The maximum Gasteiger partial charge on any atom is 0.256 e. The molecule has 0 atom stereocenters. The number of hydrogen-bond donors (Lipinski definition) is 2. The summed E-state index contributed by atoms with van der Waals surface area (Å²) in [7, 11) is -3.33. The Bertz CT molecular complexity index is 710. The Morgan fingerprint density at radius 2 is 2.00 bits per heavy atom. The molecule has 1 heterocycles. The maximum atomic E-state index is 11.9. The molecule has 112 valence electrons. The van der Waals surface area contributed by atoms with E-state index in [9.17, 15) is 13.2 Å². The van der Waals surface area contributed by atoms with Gasteiger partial charge in [0.15, 0.2) is 0 Å². The summed E-state index contributed by atoms with van der Waals surface area (Å²) in [6, 6.07) is 8.37. The van der Waals surface area contributed by atoms with Gasteiger partial charge in [-0.2, -0.15) is 11.3 Å². The molecule has 0 bridgehead atoms. The average Bonchev–Trinajstić information content (AvgIpc) is 2.92. The van der Waals surface area contributed by atoms with Crippen LogP contribution in [0, 0.1) is 0 Å². The number of benzene rings is 1. The van der Waals surface area contributed by atoms with Crippen molar-refractivity contribution in [3.63, 3.8) is 0 Å². The quantitative estimate of drug-likeness (QED) is 0.857. The van der Waals surface area contributed by atoms with Gasteiger partial charge in [-0.25, -0.2) is 8.42 Å². The van der Waals surface area contributed by atoms with Crippen LogP contribution in [-0.2, 0) is 10.0 Å². The lowest BCUT2D eigenvalue weighted by atomic mass is 10.2. The molecule has 0 spiro atoms. The first-order valence-electron chi connectivity index (χ1n) is 6.44. The minimum absolute atomic E-state index is 0.0679. The van der Waals surface area contributed by atoms with Crippen LogP contribution in [-0.4, -0.2) is 20.1 Å². The highest BCUT2D eigenvalue weighted by molar-refractivity contribution is 7.92. The zero-order chi connectivity index (χ0) is 15.3. The summed E-state index contributed by atoms with van der Waals surface area (Å²) < 4.78 is 25.9. The molecule has 0 radical (unpaired) electrons. The molecule has 0 unspecified atom stereocenters. The van der Waals surface area contributed by atoms with E-state index in [0.717, 1.165) is 0 Å². The van der Waals surface area contributed by atoms with E-state index in [0.29, 0.717) is 23.4 Å². The molecule has 0 aliphatic carbocycles. The molecule has 0 fully saturated rings. The molecule has 7 heteroatoms. The van der Waals surface area contributed by atoms with Crippen molar-refractivity contribution in [2.75, 3.05) is 15.8 Å². The van der Waals surface area contributed by atoms with Crippen molar-refractivity contribution in [3.05, 3.63) is 46.7 Å². The molecule has 1 aromatic heterocycles. The van der Waals surface area contributed by atoms with E-state index in [2.05, 4.69) is 10.0 Å². The summed E-state index contributed by atoms with van der Waals surface area (Å²) >= 11 is 1.44. The number of rotatable bonds is 6. The number of amides is 1. The van der Waals surface area contributed by atoms with Gasteiger partial charge in [0.1, 0.15) is 0 Å². The number of carbonyl (C=O) groups is 1. The Morgan fingerprint density at radius 3 is 2.67 bits per heavy atom. The van der Waals surface area contributed by atoms with E-state index in [1.165, 1.54) is 11.3 Å². The summed E-state index contributed by atoms with van der Waals surface area (Å²) in [5.74, 6) is -0.150. The van der Waals surface area contributed by atoms with Gasteiger partial charge >= 0.3 is 0 Å². The van der Waals surface area contributed by atoms with Crippen LogP contribution in [0.1, 0.15) is 23.7 Å². The SMILES string of the molecule is CCCS(=O)(=O)Nc1cccc(NC(=O)c2ccsc2)c1. The largest absolute Gasteiger partial charge is 0.322 e. The second-order valence-corrected chi connectivity index (χ2v) is 7.09. The van der Waals surface area contributed by atoms with Gasteiger partial charge in [-0.1, -0.05) is 13.0 Å². The second kappa shape index (κ2) is 6.73. The lowest BCUT2D eigenvalue weighted by molar-refractivity contribution is 0.102. The molecule has 2 aromatic rings. The standard InChI is InChI=1S/C14H16N2O3S2/c1-2-8-21(18,19)16-13-5-3-4-12(9-13)15-14(17)11-6-7-20-10-11/h3-7,9-10,16H,2,8H2,1H3,(H,15,17). The first kappa shape index (κ1) is 15.5. The zero-order valence-corrected chi connectivity index (χ0v) is 13.1. The number of hydrogen-bond acceptors (Lipinski definition) is 4. The topological polar surface area (TPSA) is 75.3 Å². The Labute approximate surface area is 128 Å². The number of carbonyl (C=O) groups excluding carboxylic acids is 1. The molecule has 1 amide bonds. The molecule has 0 aliphatic rings. The van der Waals surface area contributed by atoms with Crippen molar-refractivity contribution < 1.29 is 13.2 Å². The van der Waals surface area contributed by atoms with Gasteiger partial charge in [-0.15, -0.1) is 0 Å². The fraction of sp³-hybridized carbons (Fsp3) is 0.214. The Morgan fingerprint density at radius 1 is 1.24 bits per heavy atom. The molecule has 0 aliphatic heterocycles. The summed E-state index contributed by atoms with van der Waals surface area (Å²) in [6.45, 7) is 1.80. The number of nitrogens with one attached hydrogen (secondary N) is 2. The van der Waals surface area contributed by atoms with Crippen molar-refractivity contribution in [1.29, 1.82) is 0 Å². The lowest BCUT2D eigenvalue weighted by Crippen LogP contribution is -2.16.